The zero-order chi connectivity index (χ0) is 44.5. The van der Waals surface area contributed by atoms with Crippen molar-refractivity contribution in [3.8, 4) is 39.1 Å². The Balaban J connectivity index is 0.967. The summed E-state index contributed by atoms with van der Waals surface area (Å²) < 4.78 is 2.44. The summed E-state index contributed by atoms with van der Waals surface area (Å²) in [6.45, 7) is 0. The van der Waals surface area contributed by atoms with E-state index in [1.165, 1.54) is 146 Å². The quantitative estimate of drug-likeness (QED) is 0.155. The van der Waals surface area contributed by atoms with Crippen LogP contribution in [0.25, 0.3) is 71.6 Å². The first-order valence-corrected chi connectivity index (χ1v) is 25.6. The van der Waals surface area contributed by atoms with Crippen LogP contribution in [0.3, 0.4) is 0 Å². The van der Waals surface area contributed by atoms with Gasteiger partial charge in [0.2, 0.25) is 0 Å². The third-order valence-corrected chi connectivity index (χ3v) is 17.9. The topological polar surface area (TPSA) is 8.17 Å². The number of benzene rings is 9. The van der Waals surface area contributed by atoms with E-state index in [1.54, 1.807) is 11.1 Å². The fraction of sp³-hybridized carbons (Fsp3) is 0.212. The van der Waals surface area contributed by atoms with Crippen LogP contribution in [0, 0.1) is 23.7 Å². The number of anilines is 3. The lowest BCUT2D eigenvalue weighted by atomic mass is 9.66. The summed E-state index contributed by atoms with van der Waals surface area (Å²) in [7, 11) is 0. The summed E-state index contributed by atoms with van der Waals surface area (Å²) in [4.78, 5) is 2.63. The van der Waals surface area contributed by atoms with Crippen molar-refractivity contribution in [3.63, 3.8) is 0 Å². The smallest absolute Gasteiger partial charge is 0.0547 e. The van der Waals surface area contributed by atoms with Crippen molar-refractivity contribution in [3.05, 3.63) is 217 Å². The maximum atomic E-state index is 2.67. The average Bonchev–Trinajstić information content (AvgIpc) is 4.26. The van der Waals surface area contributed by atoms with Crippen LogP contribution in [0.2, 0.25) is 0 Å². The first-order chi connectivity index (χ1) is 33.7. The molecule has 4 atom stereocenters. The van der Waals surface area contributed by atoms with Crippen molar-refractivity contribution in [1.29, 1.82) is 0 Å². The molecule has 1 aromatic heterocycles. The van der Waals surface area contributed by atoms with Gasteiger partial charge in [0.05, 0.1) is 16.7 Å². The van der Waals surface area contributed by atoms with Gasteiger partial charge in [-0.05, 0) is 172 Å². The molecule has 6 aliphatic carbocycles. The van der Waals surface area contributed by atoms with E-state index in [2.05, 4.69) is 210 Å². The zero-order valence-corrected chi connectivity index (χ0v) is 38.5. The maximum Gasteiger partial charge on any atom is 0.0547 e. The molecular formula is C66H54N2. The molecule has 68 heavy (non-hydrogen) atoms. The fourth-order valence-electron chi connectivity index (χ4n) is 15.5. The van der Waals surface area contributed by atoms with Crippen molar-refractivity contribution in [2.45, 2.75) is 62.7 Å². The molecule has 5 fully saturated rings. The van der Waals surface area contributed by atoms with Gasteiger partial charge in [0.25, 0.3) is 0 Å². The van der Waals surface area contributed by atoms with E-state index in [-0.39, 0.29) is 5.41 Å². The molecule has 0 radical (unpaired) electrons. The summed E-state index contributed by atoms with van der Waals surface area (Å²) in [5.74, 6) is 3.74. The van der Waals surface area contributed by atoms with Crippen LogP contribution in [0.15, 0.2) is 200 Å². The fourth-order valence-corrected chi connectivity index (χ4v) is 15.5. The summed E-state index contributed by atoms with van der Waals surface area (Å²) in [6.07, 6.45) is 10.7. The Morgan fingerprint density at radius 2 is 1.10 bits per heavy atom. The second-order valence-corrected chi connectivity index (χ2v) is 21.0. The van der Waals surface area contributed by atoms with Gasteiger partial charge in [-0.3, -0.25) is 0 Å². The second-order valence-electron chi connectivity index (χ2n) is 21.0. The highest BCUT2D eigenvalue weighted by atomic mass is 15.1. The van der Waals surface area contributed by atoms with Crippen LogP contribution in [-0.4, -0.2) is 4.57 Å². The summed E-state index contributed by atoms with van der Waals surface area (Å²) >= 11 is 0. The number of hydrogen-bond acceptors (Lipinski definition) is 1. The van der Waals surface area contributed by atoms with E-state index >= 15 is 0 Å². The predicted molar refractivity (Wildman–Crippen MR) is 284 cm³/mol. The van der Waals surface area contributed by atoms with E-state index in [9.17, 15) is 0 Å². The van der Waals surface area contributed by atoms with Crippen LogP contribution in [0.5, 0.6) is 0 Å². The number of para-hydroxylation sites is 3. The van der Waals surface area contributed by atoms with Gasteiger partial charge in [-0.2, -0.15) is 0 Å². The van der Waals surface area contributed by atoms with Gasteiger partial charge in [0.1, 0.15) is 0 Å². The molecule has 10 aromatic rings. The Morgan fingerprint density at radius 1 is 0.441 bits per heavy atom. The highest BCUT2D eigenvalue weighted by molar-refractivity contribution is 6.16. The van der Waals surface area contributed by atoms with Crippen molar-refractivity contribution in [2.24, 2.45) is 23.7 Å². The van der Waals surface area contributed by atoms with Crippen LogP contribution in [0.4, 0.5) is 17.1 Å². The number of fused-ring (bicyclic) bond motifs is 7. The number of hydrogen-bond donors (Lipinski definition) is 0. The van der Waals surface area contributed by atoms with Crippen LogP contribution in [0.1, 0.15) is 74.0 Å². The van der Waals surface area contributed by atoms with Gasteiger partial charge < -0.3 is 9.47 Å². The molecule has 1 heterocycles. The summed E-state index contributed by atoms with van der Waals surface area (Å²) in [5.41, 5.74) is 20.1. The molecule has 16 rings (SSSR count). The number of aromatic nitrogens is 1. The molecule has 0 saturated heterocycles. The summed E-state index contributed by atoms with van der Waals surface area (Å²) in [6, 6.07) is 76.6. The minimum absolute atomic E-state index is 0.107. The molecule has 1 spiro atoms. The summed E-state index contributed by atoms with van der Waals surface area (Å²) in [5, 5.41) is 5.32. The number of nitrogens with zero attached hydrogens (tertiary/aromatic N) is 2. The normalized spacial score (nSPS) is 22.2. The third kappa shape index (κ3) is 5.40. The van der Waals surface area contributed by atoms with Gasteiger partial charge in [0, 0.05) is 38.8 Å². The van der Waals surface area contributed by atoms with E-state index in [0.717, 1.165) is 23.7 Å². The van der Waals surface area contributed by atoms with Gasteiger partial charge >= 0.3 is 0 Å². The second kappa shape index (κ2) is 14.9. The molecule has 2 heteroatoms. The molecule has 4 bridgehead atoms. The van der Waals surface area contributed by atoms with Crippen molar-refractivity contribution < 1.29 is 0 Å². The highest BCUT2D eigenvalue weighted by Gasteiger charge is 2.70. The minimum atomic E-state index is 0.107. The monoisotopic (exact) mass is 874 g/mol. The lowest BCUT2D eigenvalue weighted by Crippen LogP contribution is -2.34. The SMILES string of the molecule is c1ccc(-n2c3ccccc3c3c(-c4cccc(N(c5ccc6c(c5)C5(c7ccccc7-6)C6CC7CC6CC75)c5ccccc5-c5cccc6cccc(C7CCCCC7)c56)c4)cccc32)cc1. The Morgan fingerprint density at radius 3 is 1.96 bits per heavy atom. The van der Waals surface area contributed by atoms with Gasteiger partial charge in [-0.1, -0.05) is 165 Å². The van der Waals surface area contributed by atoms with Crippen LogP contribution in [-0.2, 0) is 5.41 Å². The Kier molecular flexibility index (Phi) is 8.53. The minimum Gasteiger partial charge on any atom is -0.310 e. The van der Waals surface area contributed by atoms with Crippen LogP contribution >= 0.6 is 0 Å². The lowest BCUT2D eigenvalue weighted by molar-refractivity contribution is 0.307. The van der Waals surface area contributed by atoms with Gasteiger partial charge in [-0.25, -0.2) is 0 Å². The molecule has 0 N–H and O–H groups in total. The molecule has 4 unspecified atom stereocenters. The molecule has 328 valence electrons. The first-order valence-electron chi connectivity index (χ1n) is 25.6. The third-order valence-electron chi connectivity index (χ3n) is 17.9. The van der Waals surface area contributed by atoms with Crippen LogP contribution < -0.4 is 4.90 Å². The number of rotatable bonds is 7. The molecule has 9 aromatic carbocycles. The average molecular weight is 875 g/mol. The van der Waals surface area contributed by atoms with Crippen molar-refractivity contribution in [2.75, 3.05) is 4.90 Å². The molecule has 2 nitrogen and oxygen atoms in total. The van der Waals surface area contributed by atoms with E-state index in [0.29, 0.717) is 5.92 Å². The molecular weight excluding hydrogens is 821 g/mol. The van der Waals surface area contributed by atoms with Gasteiger partial charge in [-0.15, -0.1) is 0 Å². The van der Waals surface area contributed by atoms with E-state index < -0.39 is 0 Å². The van der Waals surface area contributed by atoms with Crippen molar-refractivity contribution in [1.82, 2.24) is 4.57 Å². The molecule has 5 saturated carbocycles. The lowest BCUT2D eigenvalue weighted by Gasteiger charge is -2.37. The molecule has 0 aliphatic heterocycles. The standard InChI is InChI=1S/C66H54N2/c1-3-17-42(18-4-1)50-28-14-19-43-20-15-30-55(64(43)50)54-26-8-11-32-61(54)67(49-35-36-53-52-25-7-10-31-57(52)66(60(53)41-49)58-39-45-37-46(58)40-59(45)66)48-24-13-21-44(38-48)51-29-16-34-63-65(51)56-27-9-12-33-62(56)68(63)47-22-5-2-6-23-47/h2,5-16,19-36,38,41-42,45-46,58-59H,1,3-4,17-18,37,39-40H2. The molecule has 6 aliphatic rings. The predicted octanol–water partition coefficient (Wildman–Crippen LogP) is 17.7. The maximum absolute atomic E-state index is 2.67. The Labute approximate surface area is 399 Å². The molecule has 0 amide bonds. The van der Waals surface area contributed by atoms with Crippen molar-refractivity contribution >= 4 is 49.6 Å². The van der Waals surface area contributed by atoms with E-state index in [4.69, 9.17) is 0 Å². The Bertz CT molecular complexity index is 3620. The van der Waals surface area contributed by atoms with Gasteiger partial charge in [0.15, 0.2) is 0 Å². The highest BCUT2D eigenvalue weighted by Crippen LogP contribution is 2.77. The Hall–Kier alpha value is -7.16. The first kappa shape index (κ1) is 38.9. The zero-order valence-electron chi connectivity index (χ0n) is 38.5. The van der Waals surface area contributed by atoms with E-state index in [1.807, 2.05) is 0 Å². The largest absolute Gasteiger partial charge is 0.310 e.